The van der Waals surface area contributed by atoms with Crippen molar-refractivity contribution in [2.75, 3.05) is 0 Å². The van der Waals surface area contributed by atoms with Gasteiger partial charge in [0.15, 0.2) is 11.9 Å². The van der Waals surface area contributed by atoms with E-state index in [1.807, 2.05) is 31.2 Å². The molecule has 3 aromatic carbocycles. The second-order valence-electron chi connectivity index (χ2n) is 8.09. The quantitative estimate of drug-likeness (QED) is 0.345. The number of para-hydroxylation sites is 2. The molecule has 0 amide bonds. The van der Waals surface area contributed by atoms with E-state index in [4.69, 9.17) is 21.3 Å². The van der Waals surface area contributed by atoms with Crippen LogP contribution < -0.4 is 4.74 Å². The molecule has 4 rings (SSSR count). The predicted molar refractivity (Wildman–Crippen MR) is 125 cm³/mol. The molecule has 0 bridgehead atoms. The average molecular weight is 419 g/mol. The molecular weight excluding hydrogens is 392 g/mol. The van der Waals surface area contributed by atoms with Crippen LogP contribution >= 0.6 is 11.6 Å². The van der Waals surface area contributed by atoms with Crippen LogP contribution in [0.15, 0.2) is 54.6 Å². The highest BCUT2D eigenvalue weighted by molar-refractivity contribution is 6.31. The fourth-order valence-electron chi connectivity index (χ4n) is 4.14. The van der Waals surface area contributed by atoms with Crippen LogP contribution in [0.4, 0.5) is 0 Å². The van der Waals surface area contributed by atoms with Crippen LogP contribution in [0.25, 0.3) is 11.0 Å². The highest BCUT2D eigenvalue weighted by atomic mass is 35.5. The van der Waals surface area contributed by atoms with Crippen molar-refractivity contribution in [3.63, 3.8) is 0 Å². The Bertz CT molecular complexity index is 1200. The Morgan fingerprint density at radius 1 is 0.933 bits per heavy atom. The lowest BCUT2D eigenvalue weighted by atomic mass is 9.99. The molecule has 154 valence electrons. The van der Waals surface area contributed by atoms with Gasteiger partial charge in [-0.05, 0) is 87.2 Å². The number of nitrogens with zero attached hydrogens (tertiary/aromatic N) is 2. The van der Waals surface area contributed by atoms with Gasteiger partial charge in [-0.25, -0.2) is 4.98 Å². The summed E-state index contributed by atoms with van der Waals surface area (Å²) in [7, 11) is 0. The van der Waals surface area contributed by atoms with Crippen LogP contribution in [0, 0.1) is 27.7 Å². The van der Waals surface area contributed by atoms with Crippen LogP contribution in [0.2, 0.25) is 5.02 Å². The van der Waals surface area contributed by atoms with E-state index in [9.17, 15) is 0 Å². The smallest absolute Gasteiger partial charge is 0.153 e. The summed E-state index contributed by atoms with van der Waals surface area (Å²) < 4.78 is 8.57. The van der Waals surface area contributed by atoms with E-state index < -0.39 is 0 Å². The van der Waals surface area contributed by atoms with Gasteiger partial charge in [-0.3, -0.25) is 0 Å². The van der Waals surface area contributed by atoms with Crippen LogP contribution in [0.3, 0.4) is 0 Å². The first-order valence-corrected chi connectivity index (χ1v) is 10.7. The number of hydrogen-bond donors (Lipinski definition) is 0. The van der Waals surface area contributed by atoms with Crippen molar-refractivity contribution in [1.29, 1.82) is 0 Å². The highest BCUT2D eigenvalue weighted by Gasteiger charge is 2.19. The third-order valence-electron chi connectivity index (χ3n) is 5.65. The number of rotatable bonds is 5. The fourth-order valence-corrected chi connectivity index (χ4v) is 4.25. The molecule has 0 aliphatic rings. The summed E-state index contributed by atoms with van der Waals surface area (Å²) in [6, 6.07) is 18.5. The van der Waals surface area contributed by atoms with Gasteiger partial charge in [-0.2, -0.15) is 0 Å². The van der Waals surface area contributed by atoms with E-state index in [-0.39, 0.29) is 6.10 Å². The van der Waals surface area contributed by atoms with Gasteiger partial charge < -0.3 is 9.30 Å². The molecule has 4 aromatic rings. The van der Waals surface area contributed by atoms with E-state index in [0.717, 1.165) is 39.7 Å². The van der Waals surface area contributed by atoms with Crippen molar-refractivity contribution in [2.24, 2.45) is 0 Å². The molecule has 0 aliphatic carbocycles. The summed E-state index contributed by atoms with van der Waals surface area (Å²) in [5, 5.41) is 0.743. The Balaban J connectivity index is 1.76. The van der Waals surface area contributed by atoms with Crippen molar-refractivity contribution in [1.82, 2.24) is 9.55 Å². The van der Waals surface area contributed by atoms with Gasteiger partial charge in [-0.15, -0.1) is 0 Å². The van der Waals surface area contributed by atoms with Crippen molar-refractivity contribution in [2.45, 2.75) is 47.3 Å². The minimum atomic E-state index is -0.205. The number of halogens is 1. The molecule has 0 radical (unpaired) electrons. The largest absolute Gasteiger partial charge is 0.483 e. The third kappa shape index (κ3) is 3.95. The first-order chi connectivity index (χ1) is 14.3. The molecular formula is C26H27ClN2O. The summed E-state index contributed by atoms with van der Waals surface area (Å²) in [5.41, 5.74) is 8.34. The number of aromatic nitrogens is 2. The maximum Gasteiger partial charge on any atom is 0.153 e. The standard InChI is InChI=1S/C26H27ClN2O/c1-16-12-17(2)22(18(3)13-16)15-29-25-9-7-6-8-24(25)28-26(29)20(5)30-21-10-11-23(27)19(4)14-21/h6-14,20H,15H2,1-5H3. The Hall–Kier alpha value is -2.78. The van der Waals surface area contributed by atoms with Crippen LogP contribution in [0.5, 0.6) is 5.75 Å². The Morgan fingerprint density at radius 3 is 2.33 bits per heavy atom. The van der Waals surface area contributed by atoms with Gasteiger partial charge in [0.05, 0.1) is 11.0 Å². The first-order valence-electron chi connectivity index (χ1n) is 10.3. The maximum absolute atomic E-state index is 6.28. The lowest BCUT2D eigenvalue weighted by molar-refractivity contribution is 0.212. The van der Waals surface area contributed by atoms with Crippen LogP contribution in [0.1, 0.15) is 46.7 Å². The minimum Gasteiger partial charge on any atom is -0.483 e. The zero-order chi connectivity index (χ0) is 21.4. The molecule has 4 heteroatoms. The van der Waals surface area contributed by atoms with E-state index in [0.29, 0.717) is 0 Å². The van der Waals surface area contributed by atoms with Gasteiger partial charge in [-0.1, -0.05) is 41.4 Å². The molecule has 0 fully saturated rings. The van der Waals surface area contributed by atoms with Crippen LogP contribution in [-0.4, -0.2) is 9.55 Å². The summed E-state index contributed by atoms with van der Waals surface area (Å²) in [6.45, 7) is 11.3. The Morgan fingerprint density at radius 2 is 1.63 bits per heavy atom. The molecule has 1 heterocycles. The molecule has 0 aliphatic heterocycles. The van der Waals surface area contributed by atoms with Crippen molar-refractivity contribution >= 4 is 22.6 Å². The lowest BCUT2D eigenvalue weighted by Gasteiger charge is -2.19. The molecule has 0 N–H and O–H groups in total. The van der Waals surface area contributed by atoms with E-state index in [1.54, 1.807) is 0 Å². The summed E-state index contributed by atoms with van der Waals surface area (Å²) in [6.07, 6.45) is -0.205. The zero-order valence-corrected chi connectivity index (χ0v) is 18.9. The SMILES string of the molecule is Cc1cc(C)c(Cn2c(C(C)Oc3ccc(Cl)c(C)c3)nc3ccccc32)c(C)c1. The van der Waals surface area contributed by atoms with Gasteiger partial charge in [0, 0.05) is 11.6 Å². The molecule has 0 saturated heterocycles. The number of imidazole rings is 1. The number of benzene rings is 3. The fraction of sp³-hybridized carbons (Fsp3) is 0.269. The predicted octanol–water partition coefficient (Wildman–Crippen LogP) is 7.11. The topological polar surface area (TPSA) is 27.1 Å². The van der Waals surface area contributed by atoms with Gasteiger partial charge in [0.1, 0.15) is 5.75 Å². The van der Waals surface area contributed by atoms with Crippen LogP contribution in [-0.2, 0) is 6.54 Å². The third-order valence-corrected chi connectivity index (χ3v) is 6.07. The maximum atomic E-state index is 6.28. The second kappa shape index (κ2) is 8.16. The normalized spacial score (nSPS) is 12.3. The van der Waals surface area contributed by atoms with E-state index in [1.165, 1.54) is 22.3 Å². The molecule has 1 atom stereocenters. The monoisotopic (exact) mass is 418 g/mol. The molecule has 1 unspecified atom stereocenters. The summed E-state index contributed by atoms with van der Waals surface area (Å²) in [5.74, 6) is 1.72. The number of ether oxygens (including phenoxy) is 1. The second-order valence-corrected chi connectivity index (χ2v) is 8.50. The molecule has 0 saturated carbocycles. The number of hydrogen-bond acceptors (Lipinski definition) is 2. The van der Waals surface area contributed by atoms with E-state index >= 15 is 0 Å². The molecule has 3 nitrogen and oxygen atoms in total. The van der Waals surface area contributed by atoms with Crippen molar-refractivity contribution < 1.29 is 4.74 Å². The molecule has 1 aromatic heterocycles. The Kier molecular flexibility index (Phi) is 5.57. The zero-order valence-electron chi connectivity index (χ0n) is 18.2. The van der Waals surface area contributed by atoms with E-state index in [2.05, 4.69) is 62.6 Å². The lowest BCUT2D eigenvalue weighted by Crippen LogP contribution is -2.14. The molecule has 30 heavy (non-hydrogen) atoms. The Labute approximate surface area is 183 Å². The van der Waals surface area contributed by atoms with Gasteiger partial charge in [0.25, 0.3) is 0 Å². The number of aryl methyl sites for hydroxylation is 4. The number of fused-ring (bicyclic) bond motifs is 1. The summed E-state index contributed by atoms with van der Waals surface area (Å²) in [4.78, 5) is 4.93. The van der Waals surface area contributed by atoms with Crippen molar-refractivity contribution in [3.05, 3.63) is 93.3 Å². The summed E-state index contributed by atoms with van der Waals surface area (Å²) >= 11 is 6.17. The van der Waals surface area contributed by atoms with Gasteiger partial charge in [0.2, 0.25) is 0 Å². The highest BCUT2D eigenvalue weighted by Crippen LogP contribution is 2.29. The van der Waals surface area contributed by atoms with Crippen molar-refractivity contribution in [3.8, 4) is 5.75 Å². The van der Waals surface area contributed by atoms with Gasteiger partial charge >= 0.3 is 0 Å². The minimum absolute atomic E-state index is 0.205. The molecule has 0 spiro atoms. The first kappa shape index (κ1) is 20.5. The average Bonchev–Trinajstić information content (AvgIpc) is 3.06.